The Morgan fingerprint density at radius 1 is 1.30 bits per heavy atom. The molecule has 0 spiro atoms. The van der Waals surface area contributed by atoms with Crippen molar-refractivity contribution in [2.75, 3.05) is 26.7 Å². The van der Waals surface area contributed by atoms with Crippen molar-refractivity contribution in [2.45, 2.75) is 45.2 Å². The molecule has 23 heavy (non-hydrogen) atoms. The van der Waals surface area contributed by atoms with E-state index in [2.05, 4.69) is 27.4 Å². The third-order valence-electron chi connectivity index (χ3n) is 4.48. The molecule has 1 saturated heterocycles. The highest BCUT2D eigenvalue weighted by atomic mass is 19.1. The highest BCUT2D eigenvalue weighted by molar-refractivity contribution is 5.79. The molecule has 1 atom stereocenters. The van der Waals surface area contributed by atoms with Crippen molar-refractivity contribution in [1.29, 1.82) is 0 Å². The summed E-state index contributed by atoms with van der Waals surface area (Å²) in [5.74, 6) is 0.537. The smallest absolute Gasteiger partial charge is 0.191 e. The predicted molar refractivity (Wildman–Crippen MR) is 94.1 cm³/mol. The first-order valence-electron chi connectivity index (χ1n) is 8.62. The van der Waals surface area contributed by atoms with E-state index in [0.29, 0.717) is 18.2 Å². The van der Waals surface area contributed by atoms with Crippen LogP contribution in [0.3, 0.4) is 0 Å². The molecule has 0 saturated carbocycles. The first-order valence-corrected chi connectivity index (χ1v) is 8.62. The predicted octanol–water partition coefficient (Wildman–Crippen LogP) is 2.76. The third-order valence-corrected chi connectivity index (χ3v) is 4.48. The zero-order valence-corrected chi connectivity index (χ0v) is 14.3. The fourth-order valence-corrected chi connectivity index (χ4v) is 3.02. The Kier molecular flexibility index (Phi) is 7.33. The summed E-state index contributed by atoms with van der Waals surface area (Å²) in [6, 6.07) is 7.52. The van der Waals surface area contributed by atoms with Crippen LogP contribution in [-0.4, -0.2) is 43.6 Å². The molecule has 1 aliphatic rings. The van der Waals surface area contributed by atoms with E-state index in [-0.39, 0.29) is 5.82 Å². The lowest BCUT2D eigenvalue weighted by molar-refractivity contribution is 0.159. The summed E-state index contributed by atoms with van der Waals surface area (Å²) < 4.78 is 13.6. The molecule has 5 heteroatoms. The summed E-state index contributed by atoms with van der Waals surface area (Å²) in [6.45, 7) is 5.98. The van der Waals surface area contributed by atoms with Gasteiger partial charge in [-0.15, -0.1) is 0 Å². The summed E-state index contributed by atoms with van der Waals surface area (Å²) in [6.07, 6.45) is 5.09. The van der Waals surface area contributed by atoms with E-state index < -0.39 is 0 Å². The van der Waals surface area contributed by atoms with Crippen molar-refractivity contribution >= 4 is 5.96 Å². The standard InChI is InChI=1S/C18H29FN4/c1-15-8-5-6-12-23(15)13-7-11-21-18(20-2)22-14-16-9-3-4-10-17(16)19/h3-4,9-10,15H,5-8,11-14H2,1-2H3,(H2,20,21,22). The molecule has 0 bridgehead atoms. The van der Waals surface area contributed by atoms with Crippen molar-refractivity contribution in [3.05, 3.63) is 35.6 Å². The highest BCUT2D eigenvalue weighted by Crippen LogP contribution is 2.16. The molecule has 0 aliphatic carbocycles. The van der Waals surface area contributed by atoms with Crippen LogP contribution in [0.1, 0.15) is 38.2 Å². The van der Waals surface area contributed by atoms with Gasteiger partial charge in [-0.1, -0.05) is 24.6 Å². The molecule has 1 unspecified atom stereocenters. The highest BCUT2D eigenvalue weighted by Gasteiger charge is 2.17. The lowest BCUT2D eigenvalue weighted by atomic mass is 10.0. The number of nitrogens with one attached hydrogen (secondary N) is 2. The average molecular weight is 320 g/mol. The molecule has 1 aliphatic heterocycles. The van der Waals surface area contributed by atoms with E-state index in [1.165, 1.54) is 31.9 Å². The van der Waals surface area contributed by atoms with Crippen LogP contribution in [0.15, 0.2) is 29.3 Å². The second kappa shape index (κ2) is 9.50. The normalized spacial score (nSPS) is 19.6. The molecule has 4 nitrogen and oxygen atoms in total. The topological polar surface area (TPSA) is 39.7 Å². The molecule has 0 radical (unpaired) electrons. The zero-order valence-electron chi connectivity index (χ0n) is 14.3. The Balaban J connectivity index is 1.66. The van der Waals surface area contributed by atoms with Gasteiger partial charge in [0.1, 0.15) is 5.82 Å². The van der Waals surface area contributed by atoms with Gasteiger partial charge in [-0.2, -0.15) is 0 Å². The Labute approximate surface area is 139 Å². The maximum Gasteiger partial charge on any atom is 0.191 e. The average Bonchev–Trinajstić information content (AvgIpc) is 2.57. The van der Waals surface area contributed by atoms with Gasteiger partial charge in [-0.25, -0.2) is 4.39 Å². The molecular weight excluding hydrogens is 291 g/mol. The summed E-state index contributed by atoms with van der Waals surface area (Å²) in [7, 11) is 1.74. The van der Waals surface area contributed by atoms with Crippen LogP contribution in [0.2, 0.25) is 0 Å². The van der Waals surface area contributed by atoms with Gasteiger partial charge in [0.25, 0.3) is 0 Å². The van der Waals surface area contributed by atoms with E-state index >= 15 is 0 Å². The van der Waals surface area contributed by atoms with E-state index in [1.54, 1.807) is 19.2 Å². The van der Waals surface area contributed by atoms with Crippen molar-refractivity contribution in [2.24, 2.45) is 4.99 Å². The number of rotatable bonds is 6. The van der Waals surface area contributed by atoms with E-state index in [1.807, 2.05) is 6.07 Å². The molecule has 128 valence electrons. The molecular formula is C18H29FN4. The van der Waals surface area contributed by atoms with Crippen LogP contribution in [0.4, 0.5) is 4.39 Å². The number of piperidine rings is 1. The number of hydrogen-bond acceptors (Lipinski definition) is 2. The van der Waals surface area contributed by atoms with Crippen molar-refractivity contribution in [1.82, 2.24) is 15.5 Å². The van der Waals surface area contributed by atoms with Gasteiger partial charge < -0.3 is 15.5 Å². The number of guanidine groups is 1. The van der Waals surface area contributed by atoms with E-state index in [9.17, 15) is 4.39 Å². The number of halogens is 1. The van der Waals surface area contributed by atoms with Gasteiger partial charge in [0.05, 0.1) is 0 Å². The summed E-state index contributed by atoms with van der Waals surface area (Å²) in [5.41, 5.74) is 0.651. The molecule has 1 fully saturated rings. The van der Waals surface area contributed by atoms with Crippen LogP contribution >= 0.6 is 0 Å². The van der Waals surface area contributed by atoms with Gasteiger partial charge in [-0.3, -0.25) is 4.99 Å². The van der Waals surface area contributed by atoms with Crippen molar-refractivity contribution in [3.63, 3.8) is 0 Å². The van der Waals surface area contributed by atoms with Gasteiger partial charge in [0.15, 0.2) is 5.96 Å². The Bertz CT molecular complexity index is 504. The van der Waals surface area contributed by atoms with Gasteiger partial charge in [0, 0.05) is 38.3 Å². The van der Waals surface area contributed by atoms with E-state index in [4.69, 9.17) is 0 Å². The Morgan fingerprint density at radius 3 is 2.87 bits per heavy atom. The van der Waals surface area contributed by atoms with Gasteiger partial charge in [-0.05, 0) is 38.8 Å². The van der Waals surface area contributed by atoms with Crippen molar-refractivity contribution in [3.8, 4) is 0 Å². The Hall–Kier alpha value is -1.62. The number of aliphatic imine (C=N–C) groups is 1. The number of benzene rings is 1. The van der Waals surface area contributed by atoms with Crippen LogP contribution < -0.4 is 10.6 Å². The van der Waals surface area contributed by atoms with Crippen LogP contribution in [0.5, 0.6) is 0 Å². The van der Waals surface area contributed by atoms with Crippen molar-refractivity contribution < 1.29 is 4.39 Å². The largest absolute Gasteiger partial charge is 0.356 e. The zero-order chi connectivity index (χ0) is 16.5. The maximum absolute atomic E-state index is 13.6. The molecule has 2 N–H and O–H groups in total. The first-order chi connectivity index (χ1) is 11.2. The van der Waals surface area contributed by atoms with Crippen LogP contribution in [0, 0.1) is 5.82 Å². The minimum absolute atomic E-state index is 0.186. The molecule has 0 amide bonds. The SMILES string of the molecule is CN=C(NCCCN1CCCCC1C)NCc1ccccc1F. The fraction of sp³-hybridized carbons (Fsp3) is 0.611. The van der Waals surface area contributed by atoms with Gasteiger partial charge >= 0.3 is 0 Å². The van der Waals surface area contributed by atoms with Gasteiger partial charge in [0.2, 0.25) is 0 Å². The number of hydrogen-bond donors (Lipinski definition) is 2. The lowest BCUT2D eigenvalue weighted by Crippen LogP contribution is -2.41. The second-order valence-corrected chi connectivity index (χ2v) is 6.18. The molecule has 1 aromatic carbocycles. The maximum atomic E-state index is 13.6. The lowest BCUT2D eigenvalue weighted by Gasteiger charge is -2.33. The quantitative estimate of drug-likeness (QED) is 0.481. The number of nitrogens with zero attached hydrogens (tertiary/aromatic N) is 2. The second-order valence-electron chi connectivity index (χ2n) is 6.18. The molecule has 0 aromatic heterocycles. The molecule has 1 heterocycles. The monoisotopic (exact) mass is 320 g/mol. The first kappa shape index (κ1) is 17.7. The molecule has 2 rings (SSSR count). The molecule has 1 aromatic rings. The minimum Gasteiger partial charge on any atom is -0.356 e. The summed E-state index contributed by atoms with van der Waals surface area (Å²) in [5, 5.41) is 6.46. The third kappa shape index (κ3) is 5.82. The Morgan fingerprint density at radius 2 is 2.13 bits per heavy atom. The minimum atomic E-state index is -0.186. The summed E-state index contributed by atoms with van der Waals surface area (Å²) >= 11 is 0. The summed E-state index contributed by atoms with van der Waals surface area (Å²) in [4.78, 5) is 6.76. The number of likely N-dealkylation sites (tertiary alicyclic amines) is 1. The fourth-order valence-electron chi connectivity index (χ4n) is 3.02. The van der Waals surface area contributed by atoms with E-state index in [0.717, 1.165) is 25.5 Å². The van der Waals surface area contributed by atoms with Crippen LogP contribution in [-0.2, 0) is 6.54 Å². The van der Waals surface area contributed by atoms with Crippen LogP contribution in [0.25, 0.3) is 0 Å².